The molecule has 120 valence electrons. The highest BCUT2D eigenvalue weighted by atomic mass is 16.5. The molecular weight excluding hydrogens is 268 g/mol. The van der Waals surface area contributed by atoms with Gasteiger partial charge < -0.3 is 9.63 Å². The van der Waals surface area contributed by atoms with Crippen LogP contribution in [0.1, 0.15) is 39.4 Å². The summed E-state index contributed by atoms with van der Waals surface area (Å²) in [7, 11) is 0. The molecule has 1 aliphatic rings. The largest absolute Gasteiger partial charge is 0.389 e. The Morgan fingerprint density at radius 3 is 2.38 bits per heavy atom. The topological polar surface area (TPSA) is 65.6 Å². The number of hydrogen-bond donors (Lipinski definition) is 1. The standard InChI is InChI=1S/C15H28N4O2/c1-12(2)9-14-16-13(17-21-14)10-18-5-7-19(8-6-18)11-15(3,4)20/h12,20H,5-11H2,1-4H3. The maximum absolute atomic E-state index is 9.86. The van der Waals surface area contributed by atoms with E-state index >= 15 is 0 Å². The zero-order valence-corrected chi connectivity index (χ0v) is 13.7. The van der Waals surface area contributed by atoms with Gasteiger partial charge in [0.2, 0.25) is 5.89 Å². The quantitative estimate of drug-likeness (QED) is 0.850. The third-order valence-corrected chi connectivity index (χ3v) is 3.53. The smallest absolute Gasteiger partial charge is 0.226 e. The molecule has 6 nitrogen and oxygen atoms in total. The lowest BCUT2D eigenvalue weighted by atomic mass is 10.1. The molecule has 0 radical (unpaired) electrons. The number of rotatable bonds is 6. The van der Waals surface area contributed by atoms with E-state index in [4.69, 9.17) is 4.52 Å². The summed E-state index contributed by atoms with van der Waals surface area (Å²) in [4.78, 5) is 9.09. The molecule has 2 heterocycles. The highest BCUT2D eigenvalue weighted by Crippen LogP contribution is 2.11. The number of nitrogens with zero attached hydrogens (tertiary/aromatic N) is 4. The van der Waals surface area contributed by atoms with E-state index in [1.165, 1.54) is 0 Å². The molecule has 1 saturated heterocycles. The second-order valence-corrected chi connectivity index (χ2v) is 7.07. The van der Waals surface area contributed by atoms with E-state index < -0.39 is 5.60 Å². The van der Waals surface area contributed by atoms with Crippen molar-refractivity contribution < 1.29 is 9.63 Å². The van der Waals surface area contributed by atoms with E-state index in [-0.39, 0.29) is 0 Å². The van der Waals surface area contributed by atoms with Crippen molar-refractivity contribution in [1.82, 2.24) is 19.9 Å². The summed E-state index contributed by atoms with van der Waals surface area (Å²) in [5.41, 5.74) is -0.623. The first-order valence-corrected chi connectivity index (χ1v) is 7.80. The molecule has 0 aliphatic carbocycles. The maximum atomic E-state index is 9.86. The second kappa shape index (κ2) is 6.85. The number of aromatic nitrogens is 2. The number of aliphatic hydroxyl groups is 1. The van der Waals surface area contributed by atoms with Crippen LogP contribution in [0.4, 0.5) is 0 Å². The molecule has 0 unspecified atom stereocenters. The predicted octanol–water partition coefficient (Wildman–Crippen LogP) is 1.16. The fourth-order valence-electron chi connectivity index (χ4n) is 2.64. The predicted molar refractivity (Wildman–Crippen MR) is 80.9 cm³/mol. The van der Waals surface area contributed by atoms with Crippen LogP contribution in [-0.2, 0) is 13.0 Å². The SMILES string of the molecule is CC(C)Cc1nc(CN2CCN(CC(C)(C)O)CC2)no1. The Hall–Kier alpha value is -0.980. The molecule has 0 saturated carbocycles. The van der Waals surface area contributed by atoms with Crippen molar-refractivity contribution in [2.45, 2.75) is 46.3 Å². The Morgan fingerprint density at radius 2 is 1.81 bits per heavy atom. The monoisotopic (exact) mass is 296 g/mol. The Labute approximate surface area is 127 Å². The van der Waals surface area contributed by atoms with Crippen molar-refractivity contribution in [1.29, 1.82) is 0 Å². The van der Waals surface area contributed by atoms with E-state index in [1.54, 1.807) is 0 Å². The van der Waals surface area contributed by atoms with Crippen LogP contribution >= 0.6 is 0 Å². The van der Waals surface area contributed by atoms with Gasteiger partial charge in [0.15, 0.2) is 5.82 Å². The van der Waals surface area contributed by atoms with Gasteiger partial charge in [-0.05, 0) is 19.8 Å². The number of hydrogen-bond acceptors (Lipinski definition) is 6. The first-order chi connectivity index (χ1) is 9.82. The minimum atomic E-state index is -0.623. The van der Waals surface area contributed by atoms with Crippen molar-refractivity contribution >= 4 is 0 Å². The molecule has 0 atom stereocenters. The van der Waals surface area contributed by atoms with Gasteiger partial charge in [0, 0.05) is 39.1 Å². The summed E-state index contributed by atoms with van der Waals surface area (Å²) < 4.78 is 5.27. The van der Waals surface area contributed by atoms with E-state index in [0.717, 1.165) is 57.4 Å². The Morgan fingerprint density at radius 1 is 1.19 bits per heavy atom. The molecule has 1 N–H and O–H groups in total. The average Bonchev–Trinajstić information content (AvgIpc) is 2.76. The van der Waals surface area contributed by atoms with Crippen LogP contribution in [0.15, 0.2) is 4.52 Å². The summed E-state index contributed by atoms with van der Waals surface area (Å²) in [5.74, 6) is 2.05. The Kier molecular flexibility index (Phi) is 5.35. The van der Waals surface area contributed by atoms with Gasteiger partial charge in [-0.15, -0.1) is 0 Å². The van der Waals surface area contributed by atoms with Crippen LogP contribution in [-0.4, -0.2) is 63.4 Å². The average molecular weight is 296 g/mol. The highest BCUT2D eigenvalue weighted by Gasteiger charge is 2.23. The van der Waals surface area contributed by atoms with Crippen LogP contribution in [0.5, 0.6) is 0 Å². The lowest BCUT2D eigenvalue weighted by Crippen LogP contribution is -2.50. The zero-order valence-electron chi connectivity index (χ0n) is 13.7. The van der Waals surface area contributed by atoms with Gasteiger partial charge >= 0.3 is 0 Å². The minimum Gasteiger partial charge on any atom is -0.389 e. The summed E-state index contributed by atoms with van der Waals surface area (Å²) >= 11 is 0. The van der Waals surface area contributed by atoms with Crippen molar-refractivity contribution in [3.8, 4) is 0 Å². The summed E-state index contributed by atoms with van der Waals surface area (Å²) in [5, 5.41) is 13.9. The fourth-order valence-corrected chi connectivity index (χ4v) is 2.64. The molecule has 0 amide bonds. The molecule has 0 bridgehead atoms. The maximum Gasteiger partial charge on any atom is 0.226 e. The third kappa shape index (κ3) is 5.73. The van der Waals surface area contributed by atoms with Gasteiger partial charge in [0.05, 0.1) is 12.1 Å². The van der Waals surface area contributed by atoms with E-state index in [1.807, 2.05) is 13.8 Å². The van der Waals surface area contributed by atoms with E-state index in [0.29, 0.717) is 5.92 Å². The summed E-state index contributed by atoms with van der Waals surface area (Å²) in [6, 6.07) is 0. The van der Waals surface area contributed by atoms with Crippen LogP contribution in [0.25, 0.3) is 0 Å². The lowest BCUT2D eigenvalue weighted by molar-refractivity contribution is 0.0162. The van der Waals surface area contributed by atoms with Gasteiger partial charge in [-0.2, -0.15) is 4.98 Å². The zero-order chi connectivity index (χ0) is 15.5. The molecule has 0 aromatic carbocycles. The minimum absolute atomic E-state index is 0.531. The number of piperazine rings is 1. The van der Waals surface area contributed by atoms with Gasteiger partial charge in [-0.25, -0.2) is 0 Å². The highest BCUT2D eigenvalue weighted by molar-refractivity contribution is 4.88. The second-order valence-electron chi connectivity index (χ2n) is 7.07. The Bertz CT molecular complexity index is 431. The van der Waals surface area contributed by atoms with Gasteiger partial charge in [-0.1, -0.05) is 19.0 Å². The molecule has 1 fully saturated rings. The molecule has 1 aromatic rings. The molecule has 1 aliphatic heterocycles. The van der Waals surface area contributed by atoms with Gasteiger partial charge in [0.25, 0.3) is 0 Å². The van der Waals surface area contributed by atoms with E-state index in [9.17, 15) is 5.11 Å². The first kappa shape index (κ1) is 16.4. The summed E-state index contributed by atoms with van der Waals surface area (Å²) in [6.45, 7) is 13.4. The van der Waals surface area contributed by atoms with Crippen LogP contribution in [0.3, 0.4) is 0 Å². The summed E-state index contributed by atoms with van der Waals surface area (Å²) in [6.07, 6.45) is 0.840. The normalized spacial score (nSPS) is 18.6. The van der Waals surface area contributed by atoms with Gasteiger partial charge in [0.1, 0.15) is 0 Å². The molecule has 1 aromatic heterocycles. The Balaban J connectivity index is 1.77. The number of β-amino-alcohol motifs (C(OH)–C–C–N with tert-alkyl or cyclic N) is 1. The lowest BCUT2D eigenvalue weighted by Gasteiger charge is -2.36. The van der Waals surface area contributed by atoms with Crippen molar-refractivity contribution in [3.05, 3.63) is 11.7 Å². The van der Waals surface area contributed by atoms with Crippen molar-refractivity contribution in [3.63, 3.8) is 0 Å². The van der Waals surface area contributed by atoms with Crippen molar-refractivity contribution in [2.24, 2.45) is 5.92 Å². The molecule has 0 spiro atoms. The van der Waals surface area contributed by atoms with Crippen LogP contribution < -0.4 is 0 Å². The first-order valence-electron chi connectivity index (χ1n) is 7.80. The molecule has 21 heavy (non-hydrogen) atoms. The third-order valence-electron chi connectivity index (χ3n) is 3.53. The van der Waals surface area contributed by atoms with E-state index in [2.05, 4.69) is 33.8 Å². The van der Waals surface area contributed by atoms with Gasteiger partial charge in [-0.3, -0.25) is 9.80 Å². The van der Waals surface area contributed by atoms with Crippen LogP contribution in [0.2, 0.25) is 0 Å². The fraction of sp³-hybridized carbons (Fsp3) is 0.867. The van der Waals surface area contributed by atoms with Crippen molar-refractivity contribution in [2.75, 3.05) is 32.7 Å². The molecular formula is C15H28N4O2. The van der Waals surface area contributed by atoms with Crippen LogP contribution in [0, 0.1) is 5.92 Å². The molecule has 2 rings (SSSR count). The molecule has 6 heteroatoms.